The van der Waals surface area contributed by atoms with Gasteiger partial charge in [0.15, 0.2) is 0 Å². The average Bonchev–Trinajstić information content (AvgIpc) is 2.47. The van der Waals surface area contributed by atoms with Gasteiger partial charge in [0, 0.05) is 16.7 Å². The lowest BCUT2D eigenvalue weighted by atomic mass is 10.0. The number of hydrogen-bond acceptors (Lipinski definition) is 2. The number of fused-ring (bicyclic) bond motifs is 1. The fraction of sp³-hybridized carbons (Fsp3) is 0.571. The van der Waals surface area contributed by atoms with E-state index in [0.717, 1.165) is 36.5 Å². The van der Waals surface area contributed by atoms with E-state index < -0.39 is 10.8 Å². The molecule has 0 fully saturated rings. The minimum absolute atomic E-state index is 0.385. The Labute approximate surface area is 106 Å². The summed E-state index contributed by atoms with van der Waals surface area (Å²) in [6.45, 7) is 5.28. The minimum Gasteiger partial charge on any atom is -0.310 e. The molecule has 1 N–H and O–H groups in total. The molecule has 17 heavy (non-hydrogen) atoms. The Morgan fingerprint density at radius 3 is 3.06 bits per heavy atom. The number of benzene rings is 1. The summed E-state index contributed by atoms with van der Waals surface area (Å²) in [6, 6.07) is 6.67. The van der Waals surface area contributed by atoms with Crippen molar-refractivity contribution in [2.75, 3.05) is 12.3 Å². The smallest absolute Gasteiger partial charge is 0.0535 e. The molecule has 0 spiro atoms. The van der Waals surface area contributed by atoms with Crippen molar-refractivity contribution in [1.82, 2.24) is 5.32 Å². The second-order valence-corrected chi connectivity index (χ2v) is 6.20. The van der Waals surface area contributed by atoms with Crippen LogP contribution in [-0.2, 0) is 10.8 Å². The molecular weight excluding hydrogens is 230 g/mol. The zero-order valence-corrected chi connectivity index (χ0v) is 11.5. The van der Waals surface area contributed by atoms with E-state index in [9.17, 15) is 4.21 Å². The molecule has 0 radical (unpaired) electrons. The van der Waals surface area contributed by atoms with Gasteiger partial charge in [0.05, 0.1) is 10.8 Å². The minimum atomic E-state index is -0.810. The van der Waals surface area contributed by atoms with E-state index in [1.807, 2.05) is 0 Å². The van der Waals surface area contributed by atoms with Crippen LogP contribution in [0.25, 0.3) is 0 Å². The standard InChI is InChI=1S/C14H21NOS/c1-3-9-15-13-8-5-10-17(16)14-11(2)6-4-7-12(13)14/h4,6-7,13,15H,3,5,8-10H2,1-2H3. The van der Waals surface area contributed by atoms with Crippen molar-refractivity contribution >= 4 is 10.8 Å². The average molecular weight is 251 g/mol. The zero-order valence-electron chi connectivity index (χ0n) is 10.7. The monoisotopic (exact) mass is 251 g/mol. The van der Waals surface area contributed by atoms with Crippen molar-refractivity contribution in [1.29, 1.82) is 0 Å². The molecule has 0 saturated carbocycles. The van der Waals surface area contributed by atoms with Crippen LogP contribution in [-0.4, -0.2) is 16.5 Å². The van der Waals surface area contributed by atoms with Crippen molar-refractivity contribution in [2.45, 2.75) is 44.0 Å². The molecular formula is C14H21NOS. The molecule has 2 unspecified atom stereocenters. The molecule has 2 atom stereocenters. The van der Waals surface area contributed by atoms with Crippen LogP contribution in [0, 0.1) is 6.92 Å². The first-order chi connectivity index (χ1) is 8.24. The van der Waals surface area contributed by atoms with Gasteiger partial charge in [-0.1, -0.05) is 25.1 Å². The van der Waals surface area contributed by atoms with Gasteiger partial charge in [0.2, 0.25) is 0 Å². The van der Waals surface area contributed by atoms with E-state index in [1.165, 1.54) is 11.1 Å². The second kappa shape index (κ2) is 5.78. The third-order valence-corrected chi connectivity index (χ3v) is 4.98. The molecule has 3 heteroatoms. The lowest BCUT2D eigenvalue weighted by Gasteiger charge is -2.19. The fourth-order valence-electron chi connectivity index (χ4n) is 2.47. The highest BCUT2D eigenvalue weighted by Crippen LogP contribution is 2.31. The van der Waals surface area contributed by atoms with E-state index in [1.54, 1.807) is 0 Å². The summed E-state index contributed by atoms with van der Waals surface area (Å²) in [6.07, 6.45) is 3.28. The van der Waals surface area contributed by atoms with Gasteiger partial charge in [-0.05, 0) is 43.9 Å². The molecule has 1 aliphatic heterocycles. The summed E-state index contributed by atoms with van der Waals surface area (Å²) in [7, 11) is -0.810. The Kier molecular flexibility index (Phi) is 4.35. The number of rotatable bonds is 3. The van der Waals surface area contributed by atoms with Crippen molar-refractivity contribution in [3.05, 3.63) is 29.3 Å². The highest BCUT2D eigenvalue weighted by Gasteiger charge is 2.23. The molecule has 0 amide bonds. The third-order valence-electron chi connectivity index (χ3n) is 3.31. The van der Waals surface area contributed by atoms with E-state index >= 15 is 0 Å². The lowest BCUT2D eigenvalue weighted by Crippen LogP contribution is -2.22. The first-order valence-electron chi connectivity index (χ1n) is 6.45. The highest BCUT2D eigenvalue weighted by atomic mass is 32.2. The van der Waals surface area contributed by atoms with Crippen LogP contribution in [0.3, 0.4) is 0 Å². The second-order valence-electron chi connectivity index (χ2n) is 4.69. The van der Waals surface area contributed by atoms with E-state index in [-0.39, 0.29) is 0 Å². The maximum absolute atomic E-state index is 12.2. The SMILES string of the molecule is CCCNC1CCCS(=O)c2c(C)cccc21. The Morgan fingerprint density at radius 1 is 1.47 bits per heavy atom. The molecule has 2 rings (SSSR count). The normalized spacial score (nSPS) is 24.1. The molecule has 1 aromatic rings. The van der Waals surface area contributed by atoms with Crippen LogP contribution < -0.4 is 5.32 Å². The topological polar surface area (TPSA) is 29.1 Å². The Hall–Kier alpha value is -0.670. The van der Waals surface area contributed by atoms with Crippen LogP contribution in [0.15, 0.2) is 23.1 Å². The Morgan fingerprint density at radius 2 is 2.29 bits per heavy atom. The van der Waals surface area contributed by atoms with Crippen molar-refractivity contribution < 1.29 is 4.21 Å². The van der Waals surface area contributed by atoms with Crippen molar-refractivity contribution in [3.8, 4) is 0 Å². The zero-order chi connectivity index (χ0) is 12.3. The summed E-state index contributed by atoms with van der Waals surface area (Å²) in [5.41, 5.74) is 2.43. The van der Waals surface area contributed by atoms with Gasteiger partial charge in [-0.25, -0.2) is 0 Å². The van der Waals surface area contributed by atoms with Crippen LogP contribution in [0.4, 0.5) is 0 Å². The molecule has 0 saturated heterocycles. The van der Waals surface area contributed by atoms with E-state index in [4.69, 9.17) is 0 Å². The predicted octanol–water partition coefficient (Wildman–Crippen LogP) is 2.94. The molecule has 1 aromatic carbocycles. The maximum Gasteiger partial charge on any atom is 0.0535 e. The fourth-order valence-corrected chi connectivity index (χ4v) is 4.00. The third kappa shape index (κ3) is 2.78. The number of nitrogens with one attached hydrogen (secondary N) is 1. The van der Waals surface area contributed by atoms with Gasteiger partial charge in [0.1, 0.15) is 0 Å². The van der Waals surface area contributed by atoms with Crippen LogP contribution >= 0.6 is 0 Å². The molecule has 0 aliphatic carbocycles. The number of aryl methyl sites for hydroxylation is 1. The molecule has 1 heterocycles. The van der Waals surface area contributed by atoms with Gasteiger partial charge < -0.3 is 5.32 Å². The quantitative estimate of drug-likeness (QED) is 0.895. The van der Waals surface area contributed by atoms with Crippen LogP contribution in [0.5, 0.6) is 0 Å². The summed E-state index contributed by atoms with van der Waals surface area (Å²) in [4.78, 5) is 1.08. The number of hydrogen-bond donors (Lipinski definition) is 1. The van der Waals surface area contributed by atoms with Crippen molar-refractivity contribution in [3.63, 3.8) is 0 Å². The Balaban J connectivity index is 2.37. The van der Waals surface area contributed by atoms with Crippen molar-refractivity contribution in [2.24, 2.45) is 0 Å². The van der Waals surface area contributed by atoms with Gasteiger partial charge in [-0.3, -0.25) is 4.21 Å². The summed E-state index contributed by atoms with van der Waals surface area (Å²) in [5.74, 6) is 0.808. The highest BCUT2D eigenvalue weighted by molar-refractivity contribution is 7.85. The molecule has 1 aliphatic rings. The first kappa shape index (κ1) is 12.8. The molecule has 94 valence electrons. The summed E-state index contributed by atoms with van der Waals surface area (Å²) >= 11 is 0. The lowest BCUT2D eigenvalue weighted by molar-refractivity contribution is 0.493. The van der Waals surface area contributed by atoms with E-state index in [0.29, 0.717) is 6.04 Å². The Bertz CT molecular complexity index is 417. The first-order valence-corrected chi connectivity index (χ1v) is 7.77. The van der Waals surface area contributed by atoms with Gasteiger partial charge in [0.25, 0.3) is 0 Å². The molecule has 0 aromatic heterocycles. The predicted molar refractivity (Wildman–Crippen MR) is 72.7 cm³/mol. The van der Waals surface area contributed by atoms with Gasteiger partial charge >= 0.3 is 0 Å². The van der Waals surface area contributed by atoms with Gasteiger partial charge in [-0.15, -0.1) is 0 Å². The van der Waals surface area contributed by atoms with Crippen LogP contribution in [0.1, 0.15) is 43.4 Å². The summed E-state index contributed by atoms with van der Waals surface area (Å²) in [5, 5.41) is 3.58. The molecule has 0 bridgehead atoms. The van der Waals surface area contributed by atoms with Gasteiger partial charge in [-0.2, -0.15) is 0 Å². The van der Waals surface area contributed by atoms with Crippen LogP contribution in [0.2, 0.25) is 0 Å². The largest absolute Gasteiger partial charge is 0.310 e. The molecule has 2 nitrogen and oxygen atoms in total. The van der Waals surface area contributed by atoms with E-state index in [2.05, 4.69) is 37.4 Å². The maximum atomic E-state index is 12.2. The summed E-state index contributed by atoms with van der Waals surface area (Å²) < 4.78 is 12.2.